The van der Waals surface area contributed by atoms with Gasteiger partial charge in [0.25, 0.3) is 0 Å². The van der Waals surface area contributed by atoms with Crippen molar-refractivity contribution < 1.29 is 17.6 Å². The molecule has 0 radical (unpaired) electrons. The Hall–Kier alpha value is -1.63. The van der Waals surface area contributed by atoms with E-state index in [4.69, 9.17) is 0 Å². The van der Waals surface area contributed by atoms with Crippen LogP contribution in [0, 0.1) is 0 Å². The first-order chi connectivity index (χ1) is 8.40. The lowest BCUT2D eigenvalue weighted by Crippen LogP contribution is -2.25. The summed E-state index contributed by atoms with van der Waals surface area (Å²) in [4.78, 5) is 12.3. The number of halogens is 1. The lowest BCUT2D eigenvalue weighted by atomic mass is 10.0. The number of fused-ring (bicyclic) bond motifs is 1. The van der Waals surface area contributed by atoms with Gasteiger partial charge in [-0.3, -0.25) is 4.72 Å². The van der Waals surface area contributed by atoms with Crippen molar-refractivity contribution in [2.24, 2.45) is 0 Å². The van der Waals surface area contributed by atoms with E-state index >= 15 is 0 Å². The summed E-state index contributed by atoms with van der Waals surface area (Å²) in [6, 6.07) is 4.92. The van der Waals surface area contributed by atoms with E-state index in [1.807, 2.05) is 16.7 Å². The number of anilines is 2. The standard InChI is InChI=1S/C11H13FN2O3S/c1-14-6-2-3-8-4-5-9(7-10(8)14)13-18(16,17)11(12)15/h4-5,7,13H,2-3,6H2,1H3. The van der Waals surface area contributed by atoms with Crippen LogP contribution in [0.5, 0.6) is 0 Å². The van der Waals surface area contributed by atoms with Gasteiger partial charge in [-0.15, -0.1) is 4.39 Å². The molecule has 0 fully saturated rings. The molecular weight excluding hydrogens is 259 g/mol. The van der Waals surface area contributed by atoms with E-state index in [1.165, 1.54) is 6.07 Å². The van der Waals surface area contributed by atoms with Crippen LogP contribution >= 0.6 is 0 Å². The topological polar surface area (TPSA) is 66.5 Å². The summed E-state index contributed by atoms with van der Waals surface area (Å²) in [7, 11) is -2.67. The molecule has 98 valence electrons. The van der Waals surface area contributed by atoms with Crippen molar-refractivity contribution >= 4 is 26.8 Å². The maximum Gasteiger partial charge on any atom is 0.436 e. The molecule has 1 aromatic carbocycles. The van der Waals surface area contributed by atoms with E-state index in [0.29, 0.717) is 0 Å². The van der Waals surface area contributed by atoms with Gasteiger partial charge in [-0.1, -0.05) is 6.07 Å². The first kappa shape index (κ1) is 12.8. The molecule has 1 aliphatic rings. The lowest BCUT2D eigenvalue weighted by molar-refractivity contribution is 0.242. The maximum absolute atomic E-state index is 12.3. The zero-order chi connectivity index (χ0) is 13.3. The number of sulfonamides is 1. The van der Waals surface area contributed by atoms with Gasteiger partial charge < -0.3 is 4.90 Å². The van der Waals surface area contributed by atoms with Crippen molar-refractivity contribution in [1.82, 2.24) is 0 Å². The van der Waals surface area contributed by atoms with Crippen molar-refractivity contribution in [3.63, 3.8) is 0 Å². The van der Waals surface area contributed by atoms with Crippen molar-refractivity contribution in [1.29, 1.82) is 0 Å². The molecule has 0 bridgehead atoms. The van der Waals surface area contributed by atoms with Gasteiger partial charge >= 0.3 is 15.4 Å². The SMILES string of the molecule is CN1CCCc2ccc(NS(=O)(=O)C(=O)F)cc21. The lowest BCUT2D eigenvalue weighted by Gasteiger charge is -2.27. The van der Waals surface area contributed by atoms with Gasteiger partial charge in [0, 0.05) is 19.3 Å². The van der Waals surface area contributed by atoms with Crippen LogP contribution in [-0.4, -0.2) is 27.4 Å². The Morgan fingerprint density at radius 3 is 2.83 bits per heavy atom. The second-order valence-electron chi connectivity index (χ2n) is 4.21. The average molecular weight is 272 g/mol. The van der Waals surface area contributed by atoms with E-state index in [-0.39, 0.29) is 5.69 Å². The number of carbonyl (C=O) groups is 1. The van der Waals surface area contributed by atoms with Crippen LogP contribution in [0.25, 0.3) is 0 Å². The third kappa shape index (κ3) is 2.45. The summed E-state index contributed by atoms with van der Waals surface area (Å²) < 4.78 is 36.4. The second-order valence-corrected chi connectivity index (χ2v) is 5.74. The number of hydrogen-bond donors (Lipinski definition) is 1. The first-order valence-corrected chi connectivity index (χ1v) is 6.95. The van der Waals surface area contributed by atoms with Crippen LogP contribution in [0.1, 0.15) is 12.0 Å². The molecule has 0 aliphatic carbocycles. The van der Waals surface area contributed by atoms with Crippen LogP contribution in [0.2, 0.25) is 0 Å². The van der Waals surface area contributed by atoms with Crippen molar-refractivity contribution in [3.05, 3.63) is 23.8 Å². The van der Waals surface area contributed by atoms with Crippen molar-refractivity contribution in [3.8, 4) is 0 Å². The van der Waals surface area contributed by atoms with Crippen LogP contribution in [0.4, 0.5) is 20.6 Å². The van der Waals surface area contributed by atoms with E-state index in [0.717, 1.165) is 30.6 Å². The summed E-state index contributed by atoms with van der Waals surface area (Å²) in [6.07, 6.45) is 1.96. The van der Waals surface area contributed by atoms with Gasteiger partial charge in [-0.25, -0.2) is 4.79 Å². The predicted octanol–water partition coefficient (Wildman–Crippen LogP) is 1.90. The number of benzene rings is 1. The molecule has 0 unspecified atom stereocenters. The normalized spacial score (nSPS) is 15.1. The first-order valence-electron chi connectivity index (χ1n) is 5.46. The van der Waals surface area contributed by atoms with Crippen LogP contribution in [0.15, 0.2) is 18.2 Å². The zero-order valence-electron chi connectivity index (χ0n) is 9.81. The molecular formula is C11H13FN2O3S. The van der Waals surface area contributed by atoms with E-state index in [1.54, 1.807) is 12.1 Å². The molecule has 1 heterocycles. The molecule has 2 rings (SSSR count). The highest BCUT2D eigenvalue weighted by molar-refractivity contribution is 8.06. The van der Waals surface area contributed by atoms with Crippen molar-refractivity contribution in [2.75, 3.05) is 23.2 Å². The maximum atomic E-state index is 12.3. The number of nitrogens with one attached hydrogen (secondary N) is 1. The Balaban J connectivity index is 2.32. The minimum Gasteiger partial charge on any atom is -0.374 e. The van der Waals surface area contributed by atoms with Crippen LogP contribution in [0.3, 0.4) is 0 Å². The Morgan fingerprint density at radius 2 is 2.17 bits per heavy atom. The van der Waals surface area contributed by atoms with Gasteiger partial charge in [0.15, 0.2) is 0 Å². The summed E-state index contributed by atoms with van der Waals surface area (Å²) in [5.41, 5.74) is 2.19. The van der Waals surface area contributed by atoms with E-state index in [9.17, 15) is 17.6 Å². The minimum atomic E-state index is -4.57. The summed E-state index contributed by atoms with van der Waals surface area (Å²) in [5.74, 6) is 0. The number of nitrogens with zero attached hydrogens (tertiary/aromatic N) is 1. The van der Waals surface area contributed by atoms with Crippen molar-refractivity contribution in [2.45, 2.75) is 12.8 Å². The number of aryl methyl sites for hydroxylation is 1. The molecule has 18 heavy (non-hydrogen) atoms. The Kier molecular flexibility index (Phi) is 3.25. The fraction of sp³-hybridized carbons (Fsp3) is 0.364. The monoisotopic (exact) mass is 272 g/mol. The predicted molar refractivity (Wildman–Crippen MR) is 67.1 cm³/mol. The van der Waals surface area contributed by atoms with Gasteiger partial charge in [0.1, 0.15) is 0 Å². The fourth-order valence-corrected chi connectivity index (χ4v) is 2.53. The average Bonchev–Trinajstić information content (AvgIpc) is 2.29. The fourth-order valence-electron chi connectivity index (χ4n) is 2.02. The van der Waals surface area contributed by atoms with E-state index < -0.39 is 15.4 Å². The molecule has 0 amide bonds. The van der Waals surface area contributed by atoms with Gasteiger partial charge in [0.2, 0.25) is 0 Å². The quantitative estimate of drug-likeness (QED) is 0.835. The second kappa shape index (κ2) is 4.56. The number of carbonyl (C=O) groups excluding carboxylic acids is 1. The largest absolute Gasteiger partial charge is 0.436 e. The van der Waals surface area contributed by atoms with E-state index in [2.05, 4.69) is 0 Å². The minimum absolute atomic E-state index is 0.188. The molecule has 7 heteroatoms. The third-order valence-corrected chi connectivity index (χ3v) is 3.83. The molecule has 1 aromatic rings. The Labute approximate surface area is 105 Å². The molecule has 0 spiro atoms. The highest BCUT2D eigenvalue weighted by atomic mass is 32.2. The smallest absolute Gasteiger partial charge is 0.374 e. The Bertz CT molecular complexity index is 586. The summed E-state index contributed by atoms with van der Waals surface area (Å²) >= 11 is 0. The molecule has 0 saturated heterocycles. The highest BCUT2D eigenvalue weighted by Crippen LogP contribution is 2.29. The molecule has 0 aromatic heterocycles. The highest BCUT2D eigenvalue weighted by Gasteiger charge is 2.22. The number of rotatable bonds is 2. The Morgan fingerprint density at radius 1 is 1.44 bits per heavy atom. The van der Waals surface area contributed by atoms with Crippen LogP contribution in [-0.2, 0) is 16.4 Å². The zero-order valence-corrected chi connectivity index (χ0v) is 10.6. The molecule has 1 aliphatic heterocycles. The van der Waals surface area contributed by atoms with Gasteiger partial charge in [-0.05, 0) is 30.5 Å². The summed E-state index contributed by atoms with van der Waals surface area (Å²) in [5, 5.41) is -2.38. The molecule has 5 nitrogen and oxygen atoms in total. The third-order valence-electron chi connectivity index (χ3n) is 2.90. The molecule has 0 saturated carbocycles. The van der Waals surface area contributed by atoms with Gasteiger partial charge in [0.05, 0.1) is 5.69 Å². The molecule has 0 atom stereocenters. The molecule has 1 N–H and O–H groups in total. The summed E-state index contributed by atoms with van der Waals surface area (Å²) in [6.45, 7) is 0.880. The van der Waals surface area contributed by atoms with Crippen LogP contribution < -0.4 is 9.62 Å². The van der Waals surface area contributed by atoms with Gasteiger partial charge in [-0.2, -0.15) is 8.42 Å². The number of hydrogen-bond acceptors (Lipinski definition) is 4.